The number of nitrogens with two attached hydrogens (primary N) is 1. The van der Waals surface area contributed by atoms with E-state index in [1.54, 1.807) is 0 Å². The number of para-hydroxylation sites is 1. The van der Waals surface area contributed by atoms with Gasteiger partial charge in [-0.3, -0.25) is 0 Å². The first-order chi connectivity index (χ1) is 7.85. The smallest absolute Gasteiger partial charge is 0.0518 e. The largest absolute Gasteiger partial charge is 0.381 e. The van der Waals surface area contributed by atoms with Crippen molar-refractivity contribution in [1.82, 2.24) is 0 Å². The Bertz CT molecular complexity index is 305. The highest BCUT2D eigenvalue weighted by Gasteiger charge is 2.29. The maximum absolute atomic E-state index is 5.94. The standard InChI is InChI=1S/C13H20N2O/c14-11-13(7-4-9-16-10-8-13)15-12-5-2-1-3-6-12/h1-3,5-6,15H,4,7-11,14H2. The molecule has 1 atom stereocenters. The van der Waals surface area contributed by atoms with E-state index >= 15 is 0 Å². The Morgan fingerprint density at radius 1 is 1.19 bits per heavy atom. The maximum atomic E-state index is 5.94. The van der Waals surface area contributed by atoms with Crippen molar-refractivity contribution in [3.8, 4) is 0 Å². The molecule has 1 aliphatic rings. The highest BCUT2D eigenvalue weighted by atomic mass is 16.5. The maximum Gasteiger partial charge on any atom is 0.0518 e. The van der Waals surface area contributed by atoms with Crippen LogP contribution in [0.1, 0.15) is 19.3 Å². The van der Waals surface area contributed by atoms with Crippen LogP contribution in [0.2, 0.25) is 0 Å². The van der Waals surface area contributed by atoms with E-state index in [0.29, 0.717) is 6.54 Å². The fraction of sp³-hybridized carbons (Fsp3) is 0.538. The van der Waals surface area contributed by atoms with Crippen LogP contribution in [0.4, 0.5) is 5.69 Å². The lowest BCUT2D eigenvalue weighted by atomic mass is 9.90. The Labute approximate surface area is 97.0 Å². The summed E-state index contributed by atoms with van der Waals surface area (Å²) in [5, 5.41) is 3.58. The molecule has 1 fully saturated rings. The average Bonchev–Trinajstić information content (AvgIpc) is 2.57. The van der Waals surface area contributed by atoms with Gasteiger partial charge in [0.2, 0.25) is 0 Å². The van der Waals surface area contributed by atoms with E-state index in [-0.39, 0.29) is 5.54 Å². The van der Waals surface area contributed by atoms with Gasteiger partial charge in [0.05, 0.1) is 5.54 Å². The molecule has 0 radical (unpaired) electrons. The van der Waals surface area contributed by atoms with Crippen LogP contribution < -0.4 is 11.1 Å². The Hall–Kier alpha value is -1.06. The number of hydrogen-bond donors (Lipinski definition) is 2. The molecule has 1 unspecified atom stereocenters. The Kier molecular flexibility index (Phi) is 3.80. The van der Waals surface area contributed by atoms with E-state index in [2.05, 4.69) is 17.4 Å². The highest BCUT2D eigenvalue weighted by Crippen LogP contribution is 2.25. The molecular weight excluding hydrogens is 200 g/mol. The predicted octanol–water partition coefficient (Wildman–Crippen LogP) is 2.00. The second kappa shape index (κ2) is 5.32. The van der Waals surface area contributed by atoms with Gasteiger partial charge in [-0.2, -0.15) is 0 Å². The van der Waals surface area contributed by atoms with Gasteiger partial charge in [-0.1, -0.05) is 18.2 Å². The van der Waals surface area contributed by atoms with Gasteiger partial charge < -0.3 is 15.8 Å². The molecule has 0 bridgehead atoms. The molecular formula is C13H20N2O. The number of hydrogen-bond acceptors (Lipinski definition) is 3. The molecule has 3 nitrogen and oxygen atoms in total. The molecule has 1 aliphatic heterocycles. The highest BCUT2D eigenvalue weighted by molar-refractivity contribution is 5.45. The number of nitrogens with one attached hydrogen (secondary N) is 1. The molecule has 1 heterocycles. The van der Waals surface area contributed by atoms with Gasteiger partial charge in [0.1, 0.15) is 0 Å². The third-order valence-electron chi connectivity index (χ3n) is 3.24. The van der Waals surface area contributed by atoms with Crippen LogP contribution in [0.25, 0.3) is 0 Å². The van der Waals surface area contributed by atoms with E-state index in [9.17, 15) is 0 Å². The van der Waals surface area contributed by atoms with Crippen molar-refractivity contribution in [1.29, 1.82) is 0 Å². The fourth-order valence-electron chi connectivity index (χ4n) is 2.22. The zero-order valence-electron chi connectivity index (χ0n) is 9.61. The minimum absolute atomic E-state index is 0.0118. The summed E-state index contributed by atoms with van der Waals surface area (Å²) in [6, 6.07) is 10.3. The summed E-state index contributed by atoms with van der Waals surface area (Å²) < 4.78 is 5.49. The normalized spacial score (nSPS) is 26.1. The van der Waals surface area contributed by atoms with Crippen molar-refractivity contribution in [2.75, 3.05) is 25.1 Å². The van der Waals surface area contributed by atoms with Gasteiger partial charge in [0.15, 0.2) is 0 Å². The quantitative estimate of drug-likeness (QED) is 0.819. The molecule has 0 spiro atoms. The van der Waals surface area contributed by atoms with Crippen molar-refractivity contribution in [2.24, 2.45) is 5.73 Å². The summed E-state index contributed by atoms with van der Waals surface area (Å²) in [6.45, 7) is 2.32. The first kappa shape index (κ1) is 11.4. The van der Waals surface area contributed by atoms with Gasteiger partial charge in [0, 0.05) is 25.4 Å². The van der Waals surface area contributed by atoms with Crippen molar-refractivity contribution in [3.63, 3.8) is 0 Å². The average molecular weight is 220 g/mol. The number of anilines is 1. The van der Waals surface area contributed by atoms with Crippen LogP contribution in [0.5, 0.6) is 0 Å². The molecule has 0 saturated carbocycles. The van der Waals surface area contributed by atoms with Crippen molar-refractivity contribution in [3.05, 3.63) is 30.3 Å². The van der Waals surface area contributed by atoms with Gasteiger partial charge in [0.25, 0.3) is 0 Å². The van der Waals surface area contributed by atoms with Crippen LogP contribution in [0.15, 0.2) is 30.3 Å². The second-order valence-corrected chi connectivity index (χ2v) is 4.44. The van der Waals surface area contributed by atoms with E-state index in [4.69, 9.17) is 10.5 Å². The second-order valence-electron chi connectivity index (χ2n) is 4.44. The lowest BCUT2D eigenvalue weighted by Gasteiger charge is -2.33. The van der Waals surface area contributed by atoms with Crippen LogP contribution in [0.3, 0.4) is 0 Å². The summed E-state index contributed by atoms with van der Waals surface area (Å²) in [4.78, 5) is 0. The monoisotopic (exact) mass is 220 g/mol. The minimum Gasteiger partial charge on any atom is -0.381 e. The van der Waals surface area contributed by atoms with Gasteiger partial charge >= 0.3 is 0 Å². The molecule has 16 heavy (non-hydrogen) atoms. The van der Waals surface area contributed by atoms with Crippen LogP contribution in [0, 0.1) is 0 Å². The number of benzene rings is 1. The number of rotatable bonds is 3. The minimum atomic E-state index is 0.0118. The molecule has 1 aromatic carbocycles. The lowest BCUT2D eigenvalue weighted by molar-refractivity contribution is 0.141. The lowest BCUT2D eigenvalue weighted by Crippen LogP contribution is -2.45. The summed E-state index contributed by atoms with van der Waals surface area (Å²) in [5.41, 5.74) is 7.10. The molecule has 88 valence electrons. The molecule has 1 aromatic rings. The summed E-state index contributed by atoms with van der Waals surface area (Å²) in [5.74, 6) is 0. The van der Waals surface area contributed by atoms with E-state index in [0.717, 1.165) is 38.2 Å². The van der Waals surface area contributed by atoms with E-state index in [1.807, 2.05) is 18.2 Å². The van der Waals surface area contributed by atoms with Gasteiger partial charge in [-0.25, -0.2) is 0 Å². The SMILES string of the molecule is NCC1(Nc2ccccc2)CCCOCC1. The topological polar surface area (TPSA) is 47.3 Å². The Balaban J connectivity index is 2.08. The Morgan fingerprint density at radius 2 is 2.00 bits per heavy atom. The number of ether oxygens (including phenoxy) is 1. The molecule has 2 rings (SSSR count). The Morgan fingerprint density at radius 3 is 2.75 bits per heavy atom. The molecule has 3 N–H and O–H groups in total. The van der Waals surface area contributed by atoms with Crippen LogP contribution in [-0.2, 0) is 4.74 Å². The van der Waals surface area contributed by atoms with Gasteiger partial charge in [-0.15, -0.1) is 0 Å². The zero-order chi connectivity index (χ0) is 11.3. The third-order valence-corrected chi connectivity index (χ3v) is 3.24. The first-order valence-electron chi connectivity index (χ1n) is 5.96. The molecule has 0 aliphatic carbocycles. The van der Waals surface area contributed by atoms with Gasteiger partial charge in [-0.05, 0) is 31.4 Å². The predicted molar refractivity (Wildman–Crippen MR) is 66.5 cm³/mol. The summed E-state index contributed by atoms with van der Waals surface area (Å²) in [7, 11) is 0. The van der Waals surface area contributed by atoms with Crippen molar-refractivity contribution >= 4 is 5.69 Å². The van der Waals surface area contributed by atoms with Crippen molar-refractivity contribution in [2.45, 2.75) is 24.8 Å². The zero-order valence-corrected chi connectivity index (χ0v) is 9.61. The van der Waals surface area contributed by atoms with Crippen LogP contribution in [-0.4, -0.2) is 25.3 Å². The van der Waals surface area contributed by atoms with E-state index in [1.165, 1.54) is 0 Å². The molecule has 0 amide bonds. The molecule has 0 aromatic heterocycles. The van der Waals surface area contributed by atoms with E-state index < -0.39 is 0 Å². The summed E-state index contributed by atoms with van der Waals surface area (Å²) >= 11 is 0. The molecule has 3 heteroatoms. The fourth-order valence-corrected chi connectivity index (χ4v) is 2.22. The van der Waals surface area contributed by atoms with Crippen molar-refractivity contribution < 1.29 is 4.74 Å². The summed E-state index contributed by atoms with van der Waals surface area (Å²) in [6.07, 6.45) is 3.15. The van der Waals surface area contributed by atoms with Crippen LogP contribution >= 0.6 is 0 Å². The molecule has 1 saturated heterocycles. The third kappa shape index (κ3) is 2.74. The first-order valence-corrected chi connectivity index (χ1v) is 5.96.